The number of nitrogens with one attached hydrogen (secondary N) is 1. The third kappa shape index (κ3) is 5.30. The Balaban J connectivity index is 1.44. The van der Waals surface area contributed by atoms with Gasteiger partial charge in [0.2, 0.25) is 5.91 Å². The van der Waals surface area contributed by atoms with Crippen LogP contribution in [-0.2, 0) is 4.79 Å². The van der Waals surface area contributed by atoms with Crippen LogP contribution >= 0.6 is 11.8 Å². The van der Waals surface area contributed by atoms with Gasteiger partial charge < -0.3 is 10.2 Å². The maximum Gasteiger partial charge on any atom is 0.225 e. The molecule has 1 aromatic carbocycles. The molecule has 4 rings (SSSR count). The average Bonchev–Trinajstić information content (AvgIpc) is 2.76. The van der Waals surface area contributed by atoms with Crippen LogP contribution in [0, 0.1) is 12.8 Å². The van der Waals surface area contributed by atoms with E-state index in [1.165, 1.54) is 24.8 Å². The summed E-state index contributed by atoms with van der Waals surface area (Å²) in [4.78, 5) is 25.5. The van der Waals surface area contributed by atoms with Crippen molar-refractivity contribution in [2.45, 2.75) is 67.8 Å². The summed E-state index contributed by atoms with van der Waals surface area (Å²) in [5, 5.41) is 4.22. The molecule has 2 heterocycles. The summed E-state index contributed by atoms with van der Waals surface area (Å²) >= 11 is 1.64. The molecule has 1 saturated carbocycles. The number of amides is 1. The summed E-state index contributed by atoms with van der Waals surface area (Å²) < 4.78 is 0. The van der Waals surface area contributed by atoms with Crippen molar-refractivity contribution in [1.29, 1.82) is 0 Å². The Labute approximate surface area is 177 Å². The van der Waals surface area contributed by atoms with Gasteiger partial charge in [0.15, 0.2) is 5.82 Å². The standard InChI is InChI=1S/C23H30N4OS/c1-17-9-11-20(12-10-17)29-23-21(24-13-14-25-23)27-15-5-6-18(16-27)22(28)26-19-7-3-2-4-8-19/h9-14,18-19H,2-8,15-16H2,1H3,(H,26,28). The molecule has 154 valence electrons. The Morgan fingerprint density at radius 1 is 1.03 bits per heavy atom. The van der Waals surface area contributed by atoms with E-state index in [9.17, 15) is 4.79 Å². The Kier molecular flexibility index (Phi) is 6.70. The van der Waals surface area contributed by atoms with Crippen LogP contribution in [0.3, 0.4) is 0 Å². The van der Waals surface area contributed by atoms with Crippen molar-refractivity contribution < 1.29 is 4.79 Å². The third-order valence-corrected chi connectivity index (χ3v) is 6.91. The summed E-state index contributed by atoms with van der Waals surface area (Å²) in [6, 6.07) is 8.84. The number of aromatic nitrogens is 2. The molecule has 1 aliphatic heterocycles. The van der Waals surface area contributed by atoms with E-state index >= 15 is 0 Å². The number of carbonyl (C=O) groups excluding carboxylic acids is 1. The van der Waals surface area contributed by atoms with Crippen LogP contribution in [0.15, 0.2) is 46.6 Å². The summed E-state index contributed by atoms with van der Waals surface area (Å²) in [5.41, 5.74) is 1.25. The molecule has 2 fully saturated rings. The molecule has 2 aromatic rings. The molecule has 6 heteroatoms. The van der Waals surface area contributed by atoms with Gasteiger partial charge in [-0.05, 0) is 44.7 Å². The number of piperidine rings is 1. The average molecular weight is 411 g/mol. The number of anilines is 1. The smallest absolute Gasteiger partial charge is 0.225 e. The molecule has 29 heavy (non-hydrogen) atoms. The summed E-state index contributed by atoms with van der Waals surface area (Å²) in [7, 11) is 0. The molecule has 0 radical (unpaired) electrons. The van der Waals surface area contributed by atoms with Crippen molar-refractivity contribution in [2.24, 2.45) is 5.92 Å². The fourth-order valence-electron chi connectivity index (χ4n) is 4.27. The number of nitrogens with zero attached hydrogens (tertiary/aromatic N) is 3. The van der Waals surface area contributed by atoms with Crippen LogP contribution in [0.4, 0.5) is 5.82 Å². The zero-order chi connectivity index (χ0) is 20.1. The van der Waals surface area contributed by atoms with E-state index in [1.807, 2.05) is 0 Å². The van der Waals surface area contributed by atoms with Crippen molar-refractivity contribution in [3.8, 4) is 0 Å². The maximum absolute atomic E-state index is 12.9. The fourth-order valence-corrected chi connectivity index (χ4v) is 5.16. The van der Waals surface area contributed by atoms with Gasteiger partial charge in [-0.2, -0.15) is 0 Å². The van der Waals surface area contributed by atoms with Crippen molar-refractivity contribution in [2.75, 3.05) is 18.0 Å². The van der Waals surface area contributed by atoms with E-state index in [4.69, 9.17) is 0 Å². The lowest BCUT2D eigenvalue weighted by molar-refractivity contribution is -0.126. The van der Waals surface area contributed by atoms with E-state index in [0.717, 1.165) is 54.5 Å². The van der Waals surface area contributed by atoms with E-state index < -0.39 is 0 Å². The Bertz CT molecular complexity index is 820. The van der Waals surface area contributed by atoms with Gasteiger partial charge in [-0.15, -0.1) is 0 Å². The van der Waals surface area contributed by atoms with Crippen LogP contribution in [0.5, 0.6) is 0 Å². The van der Waals surface area contributed by atoms with Gasteiger partial charge in [-0.1, -0.05) is 48.7 Å². The molecule has 1 aliphatic carbocycles. The number of hydrogen-bond donors (Lipinski definition) is 1. The normalized spacial score (nSPS) is 20.4. The Hall–Kier alpha value is -2.08. The summed E-state index contributed by atoms with van der Waals surface area (Å²) in [6.07, 6.45) is 11.5. The predicted octanol–water partition coefficient (Wildman–Crippen LogP) is 4.60. The maximum atomic E-state index is 12.9. The monoisotopic (exact) mass is 410 g/mol. The van der Waals surface area contributed by atoms with E-state index in [2.05, 4.69) is 51.4 Å². The molecule has 0 bridgehead atoms. The summed E-state index contributed by atoms with van der Waals surface area (Å²) in [6.45, 7) is 3.74. The van der Waals surface area contributed by atoms with Crippen LogP contribution < -0.4 is 10.2 Å². The lowest BCUT2D eigenvalue weighted by atomic mass is 9.93. The van der Waals surface area contributed by atoms with Crippen LogP contribution in [0.25, 0.3) is 0 Å². The number of rotatable bonds is 5. The molecule has 5 nitrogen and oxygen atoms in total. The minimum Gasteiger partial charge on any atom is -0.354 e. The molecular formula is C23H30N4OS. The molecule has 1 N–H and O–H groups in total. The van der Waals surface area contributed by atoms with E-state index in [0.29, 0.717) is 6.04 Å². The minimum atomic E-state index is 0.0323. The second-order valence-corrected chi connectivity index (χ2v) is 9.29. The zero-order valence-corrected chi connectivity index (χ0v) is 18.0. The number of hydrogen-bond acceptors (Lipinski definition) is 5. The largest absolute Gasteiger partial charge is 0.354 e. The molecule has 1 atom stereocenters. The second kappa shape index (κ2) is 9.61. The topological polar surface area (TPSA) is 58.1 Å². The lowest BCUT2D eigenvalue weighted by Gasteiger charge is -2.34. The lowest BCUT2D eigenvalue weighted by Crippen LogP contribution is -2.46. The van der Waals surface area contributed by atoms with Crippen LogP contribution in [-0.4, -0.2) is 35.0 Å². The first kappa shape index (κ1) is 20.2. The first-order valence-corrected chi connectivity index (χ1v) is 11.6. The van der Waals surface area contributed by atoms with Gasteiger partial charge in [0, 0.05) is 36.4 Å². The Morgan fingerprint density at radius 3 is 2.59 bits per heavy atom. The minimum absolute atomic E-state index is 0.0323. The molecule has 1 aromatic heterocycles. The zero-order valence-electron chi connectivity index (χ0n) is 17.1. The van der Waals surface area contributed by atoms with Crippen LogP contribution in [0.1, 0.15) is 50.5 Å². The highest BCUT2D eigenvalue weighted by atomic mass is 32.2. The highest BCUT2D eigenvalue weighted by molar-refractivity contribution is 7.99. The Morgan fingerprint density at radius 2 is 1.79 bits per heavy atom. The predicted molar refractivity (Wildman–Crippen MR) is 117 cm³/mol. The number of carbonyl (C=O) groups is 1. The molecule has 1 amide bonds. The second-order valence-electron chi connectivity index (χ2n) is 8.23. The van der Waals surface area contributed by atoms with Gasteiger partial charge >= 0.3 is 0 Å². The van der Waals surface area contributed by atoms with Gasteiger partial charge in [-0.3, -0.25) is 4.79 Å². The van der Waals surface area contributed by atoms with Gasteiger partial charge in [0.25, 0.3) is 0 Å². The van der Waals surface area contributed by atoms with Gasteiger partial charge in [0.1, 0.15) is 5.03 Å². The fraction of sp³-hybridized carbons (Fsp3) is 0.522. The van der Waals surface area contributed by atoms with Gasteiger partial charge in [0.05, 0.1) is 5.92 Å². The van der Waals surface area contributed by atoms with Crippen LogP contribution in [0.2, 0.25) is 0 Å². The highest BCUT2D eigenvalue weighted by Crippen LogP contribution is 2.34. The molecule has 1 saturated heterocycles. The first-order chi connectivity index (χ1) is 14.2. The van der Waals surface area contributed by atoms with Crippen molar-refractivity contribution in [3.05, 3.63) is 42.2 Å². The van der Waals surface area contributed by atoms with E-state index in [1.54, 1.807) is 24.2 Å². The third-order valence-electron chi connectivity index (χ3n) is 5.93. The molecular weight excluding hydrogens is 380 g/mol. The van der Waals surface area contributed by atoms with Crippen molar-refractivity contribution in [1.82, 2.24) is 15.3 Å². The molecule has 0 spiro atoms. The number of benzene rings is 1. The highest BCUT2D eigenvalue weighted by Gasteiger charge is 2.29. The summed E-state index contributed by atoms with van der Waals surface area (Å²) in [5.74, 6) is 1.15. The van der Waals surface area contributed by atoms with Crippen molar-refractivity contribution >= 4 is 23.5 Å². The quantitative estimate of drug-likeness (QED) is 0.780. The number of aryl methyl sites for hydroxylation is 1. The van der Waals surface area contributed by atoms with Crippen molar-refractivity contribution in [3.63, 3.8) is 0 Å². The van der Waals surface area contributed by atoms with Gasteiger partial charge in [-0.25, -0.2) is 9.97 Å². The molecule has 1 unspecified atom stereocenters. The first-order valence-electron chi connectivity index (χ1n) is 10.8. The SMILES string of the molecule is Cc1ccc(Sc2nccnc2N2CCCC(C(=O)NC3CCCCC3)C2)cc1. The molecule has 2 aliphatic rings. The van der Waals surface area contributed by atoms with E-state index in [-0.39, 0.29) is 11.8 Å².